The van der Waals surface area contributed by atoms with Crippen molar-refractivity contribution in [1.29, 1.82) is 0 Å². The number of rotatable bonds is 5. The Morgan fingerprint density at radius 3 is 2.36 bits per heavy atom. The van der Waals surface area contributed by atoms with Crippen molar-refractivity contribution in [1.82, 2.24) is 0 Å². The average molecular weight is 342 g/mol. The van der Waals surface area contributed by atoms with Crippen molar-refractivity contribution in [2.75, 3.05) is 20.8 Å². The summed E-state index contributed by atoms with van der Waals surface area (Å²) in [4.78, 5) is 0. The fraction of sp³-hybridized carbons (Fsp3) is 0.429. The van der Waals surface area contributed by atoms with Gasteiger partial charge in [-0.15, -0.1) is 0 Å². The third kappa shape index (κ3) is 3.24. The number of aliphatic hydroxyl groups excluding tert-OH is 2. The smallest absolute Gasteiger partial charge is 0.119 e. The summed E-state index contributed by atoms with van der Waals surface area (Å²) < 4.78 is 10.6. The molecule has 4 heteroatoms. The van der Waals surface area contributed by atoms with E-state index in [4.69, 9.17) is 9.47 Å². The van der Waals surface area contributed by atoms with Crippen molar-refractivity contribution in [2.24, 2.45) is 0 Å². The molecule has 3 rings (SSSR count). The van der Waals surface area contributed by atoms with E-state index in [1.165, 1.54) is 0 Å². The summed E-state index contributed by atoms with van der Waals surface area (Å²) in [7, 11) is 3.30. The molecular formula is C21H26O4. The van der Waals surface area contributed by atoms with Gasteiger partial charge in [0.05, 0.1) is 20.3 Å². The summed E-state index contributed by atoms with van der Waals surface area (Å²) in [5.74, 6) is 1.60. The van der Waals surface area contributed by atoms with E-state index in [1.54, 1.807) is 14.2 Å². The molecule has 2 atom stereocenters. The minimum atomic E-state index is -0.670. The SMILES string of the molecule is COc1ccc(C2(CCO)CCCc3cc(OC)ccc3C2O)cc1. The van der Waals surface area contributed by atoms with Crippen LogP contribution in [0.5, 0.6) is 11.5 Å². The van der Waals surface area contributed by atoms with Crippen molar-refractivity contribution in [3.63, 3.8) is 0 Å². The van der Waals surface area contributed by atoms with E-state index in [1.807, 2.05) is 42.5 Å². The lowest BCUT2D eigenvalue weighted by Gasteiger charge is -2.38. The standard InChI is InChI=1S/C21H26O4/c1-24-17-7-5-16(6-8-17)21(12-13-22)11-3-4-15-14-18(25-2)9-10-19(15)20(21)23/h5-10,14,20,22-23H,3-4,11-13H2,1-2H3. The zero-order valence-corrected chi connectivity index (χ0v) is 14.9. The van der Waals surface area contributed by atoms with E-state index in [-0.39, 0.29) is 6.61 Å². The third-order valence-electron chi connectivity index (χ3n) is 5.46. The summed E-state index contributed by atoms with van der Waals surface area (Å²) in [5, 5.41) is 21.1. The molecule has 2 N–H and O–H groups in total. The first-order chi connectivity index (χ1) is 12.1. The van der Waals surface area contributed by atoms with Gasteiger partial charge in [0.25, 0.3) is 0 Å². The molecule has 2 aromatic carbocycles. The zero-order valence-electron chi connectivity index (χ0n) is 14.9. The molecule has 0 radical (unpaired) electrons. The van der Waals surface area contributed by atoms with Crippen LogP contribution in [0.25, 0.3) is 0 Å². The normalized spacial score (nSPS) is 22.8. The molecule has 0 fully saturated rings. The number of fused-ring (bicyclic) bond motifs is 1. The van der Waals surface area contributed by atoms with Gasteiger partial charge >= 0.3 is 0 Å². The molecule has 0 saturated carbocycles. The largest absolute Gasteiger partial charge is 0.497 e. The molecule has 134 valence electrons. The molecule has 0 saturated heterocycles. The molecule has 2 aromatic rings. The summed E-state index contributed by atoms with van der Waals surface area (Å²) >= 11 is 0. The molecule has 0 amide bonds. The van der Waals surface area contributed by atoms with Crippen LogP contribution in [0, 0.1) is 0 Å². The molecule has 0 heterocycles. The Labute approximate surface area is 149 Å². The van der Waals surface area contributed by atoms with Gasteiger partial charge in [0.1, 0.15) is 11.5 Å². The fourth-order valence-electron chi connectivity index (χ4n) is 4.05. The molecule has 0 bridgehead atoms. The number of hydrogen-bond acceptors (Lipinski definition) is 4. The monoisotopic (exact) mass is 342 g/mol. The van der Waals surface area contributed by atoms with Gasteiger partial charge in [-0.1, -0.05) is 18.2 Å². The molecular weight excluding hydrogens is 316 g/mol. The van der Waals surface area contributed by atoms with E-state index < -0.39 is 11.5 Å². The Hall–Kier alpha value is -2.04. The summed E-state index contributed by atoms with van der Waals surface area (Å²) in [6.07, 6.45) is 2.51. The first kappa shape index (κ1) is 17.8. The molecule has 1 aliphatic rings. The molecule has 4 nitrogen and oxygen atoms in total. The maximum Gasteiger partial charge on any atom is 0.119 e. The Morgan fingerprint density at radius 1 is 1.04 bits per heavy atom. The highest BCUT2D eigenvalue weighted by molar-refractivity contribution is 5.43. The quantitative estimate of drug-likeness (QED) is 0.818. The van der Waals surface area contributed by atoms with Gasteiger partial charge in [0.2, 0.25) is 0 Å². The molecule has 25 heavy (non-hydrogen) atoms. The van der Waals surface area contributed by atoms with E-state index in [2.05, 4.69) is 0 Å². The van der Waals surface area contributed by atoms with Crippen molar-refractivity contribution >= 4 is 0 Å². The minimum Gasteiger partial charge on any atom is -0.497 e. The van der Waals surface area contributed by atoms with E-state index in [0.717, 1.165) is 47.5 Å². The van der Waals surface area contributed by atoms with Crippen molar-refractivity contribution in [3.05, 3.63) is 59.2 Å². The van der Waals surface area contributed by atoms with E-state index >= 15 is 0 Å². The highest BCUT2D eigenvalue weighted by Gasteiger charge is 2.42. The number of benzene rings is 2. The number of ether oxygens (including phenoxy) is 2. The number of aryl methyl sites for hydroxylation is 1. The van der Waals surface area contributed by atoms with Crippen LogP contribution >= 0.6 is 0 Å². The Morgan fingerprint density at radius 2 is 1.72 bits per heavy atom. The van der Waals surface area contributed by atoms with Crippen LogP contribution in [0.15, 0.2) is 42.5 Å². The second-order valence-electron chi connectivity index (χ2n) is 6.68. The van der Waals surface area contributed by atoms with Gasteiger partial charge in [-0.3, -0.25) is 0 Å². The van der Waals surface area contributed by atoms with Gasteiger partial charge in [-0.05, 0) is 66.6 Å². The van der Waals surface area contributed by atoms with E-state index in [0.29, 0.717) is 6.42 Å². The zero-order chi connectivity index (χ0) is 17.9. The summed E-state index contributed by atoms with van der Waals surface area (Å²) in [6.45, 7) is 0.0363. The lowest BCUT2D eigenvalue weighted by molar-refractivity contribution is 0.0557. The predicted molar refractivity (Wildman–Crippen MR) is 97.3 cm³/mol. The predicted octanol–water partition coefficient (Wildman–Crippen LogP) is 3.39. The van der Waals surface area contributed by atoms with Crippen molar-refractivity contribution in [3.8, 4) is 11.5 Å². The van der Waals surface area contributed by atoms with E-state index in [9.17, 15) is 10.2 Å². The van der Waals surface area contributed by atoms with Crippen LogP contribution < -0.4 is 9.47 Å². The maximum absolute atomic E-state index is 11.3. The number of methoxy groups -OCH3 is 2. The second kappa shape index (κ2) is 7.46. The number of aliphatic hydroxyl groups is 2. The highest BCUT2D eigenvalue weighted by atomic mass is 16.5. The Kier molecular flexibility index (Phi) is 5.30. The third-order valence-corrected chi connectivity index (χ3v) is 5.46. The lowest BCUT2D eigenvalue weighted by Crippen LogP contribution is -2.34. The van der Waals surface area contributed by atoms with Gasteiger partial charge < -0.3 is 19.7 Å². The van der Waals surface area contributed by atoms with Gasteiger partial charge in [0, 0.05) is 12.0 Å². The minimum absolute atomic E-state index is 0.0363. The van der Waals surface area contributed by atoms with Gasteiger partial charge in [-0.2, -0.15) is 0 Å². The van der Waals surface area contributed by atoms with Crippen LogP contribution in [0.2, 0.25) is 0 Å². The first-order valence-electron chi connectivity index (χ1n) is 8.75. The fourth-order valence-corrected chi connectivity index (χ4v) is 4.05. The van der Waals surface area contributed by atoms with Crippen LogP contribution in [-0.2, 0) is 11.8 Å². The van der Waals surface area contributed by atoms with Gasteiger partial charge in [0.15, 0.2) is 0 Å². The van der Waals surface area contributed by atoms with Crippen LogP contribution in [0.4, 0.5) is 0 Å². The maximum atomic E-state index is 11.3. The molecule has 0 aromatic heterocycles. The van der Waals surface area contributed by atoms with Crippen LogP contribution in [0.1, 0.15) is 42.1 Å². The van der Waals surface area contributed by atoms with Crippen molar-refractivity contribution < 1.29 is 19.7 Å². The Bertz CT molecular complexity index is 710. The molecule has 0 spiro atoms. The second-order valence-corrected chi connectivity index (χ2v) is 6.68. The van der Waals surface area contributed by atoms with Crippen LogP contribution in [-0.4, -0.2) is 31.0 Å². The summed E-state index contributed by atoms with van der Waals surface area (Å²) in [6, 6.07) is 13.7. The van der Waals surface area contributed by atoms with Crippen molar-refractivity contribution in [2.45, 2.75) is 37.2 Å². The molecule has 1 aliphatic carbocycles. The van der Waals surface area contributed by atoms with Crippen LogP contribution in [0.3, 0.4) is 0 Å². The topological polar surface area (TPSA) is 58.9 Å². The average Bonchev–Trinajstić information content (AvgIpc) is 2.79. The highest BCUT2D eigenvalue weighted by Crippen LogP contribution is 2.48. The molecule has 0 aliphatic heterocycles. The Balaban J connectivity index is 2.07. The number of hydrogen-bond donors (Lipinski definition) is 2. The molecule has 2 unspecified atom stereocenters. The lowest BCUT2D eigenvalue weighted by atomic mass is 9.69. The van der Waals surface area contributed by atoms with Gasteiger partial charge in [-0.25, -0.2) is 0 Å². The summed E-state index contributed by atoms with van der Waals surface area (Å²) in [5.41, 5.74) is 2.60. The first-order valence-corrected chi connectivity index (χ1v) is 8.75.